The average Bonchev–Trinajstić information content (AvgIpc) is 2.62. The highest BCUT2D eigenvalue weighted by atomic mass is 35.5. The molecule has 1 fully saturated rings. The van der Waals surface area contributed by atoms with Crippen molar-refractivity contribution in [2.45, 2.75) is 11.7 Å². The van der Waals surface area contributed by atoms with Crippen LogP contribution in [0.3, 0.4) is 0 Å². The van der Waals surface area contributed by atoms with E-state index in [2.05, 4.69) is 10.0 Å². The molecule has 6 nitrogen and oxygen atoms in total. The van der Waals surface area contributed by atoms with E-state index in [9.17, 15) is 13.5 Å². The number of halogens is 2. The summed E-state index contributed by atoms with van der Waals surface area (Å²) in [6, 6.07) is 4.94. The van der Waals surface area contributed by atoms with Gasteiger partial charge in [0.15, 0.2) is 0 Å². The van der Waals surface area contributed by atoms with Gasteiger partial charge in [-0.3, -0.25) is 0 Å². The van der Waals surface area contributed by atoms with E-state index in [0.29, 0.717) is 28.8 Å². The number of β-amino-alcohol motifs (C(OH)–C–C–N with tert-alkyl or cyclic N) is 1. The Kier molecular flexibility index (Phi) is 5.71. The number of nitrogens with one attached hydrogen (secondary N) is 2. The summed E-state index contributed by atoms with van der Waals surface area (Å²) in [6.07, 6.45) is 0.307. The van der Waals surface area contributed by atoms with Gasteiger partial charge in [0.25, 0.3) is 0 Å². The molecule has 22 heavy (non-hydrogen) atoms. The highest BCUT2D eigenvalue weighted by Gasteiger charge is 2.40. The Morgan fingerprint density at radius 2 is 2.18 bits per heavy atom. The van der Waals surface area contributed by atoms with Gasteiger partial charge in [0, 0.05) is 19.6 Å². The summed E-state index contributed by atoms with van der Waals surface area (Å²) in [6.45, 7) is 0.940. The van der Waals surface area contributed by atoms with E-state index in [1.54, 1.807) is 18.2 Å². The van der Waals surface area contributed by atoms with Crippen LogP contribution in [0.2, 0.25) is 10.0 Å². The molecule has 0 bridgehead atoms. The molecule has 1 aromatic rings. The number of hydrogen-bond donors (Lipinski definition) is 3. The highest BCUT2D eigenvalue weighted by molar-refractivity contribution is 7.88. The third kappa shape index (κ3) is 4.55. The van der Waals surface area contributed by atoms with Crippen LogP contribution in [0.15, 0.2) is 18.2 Å². The van der Waals surface area contributed by atoms with Crippen LogP contribution >= 0.6 is 23.2 Å². The Morgan fingerprint density at radius 1 is 1.45 bits per heavy atom. The minimum atomic E-state index is -3.43. The summed E-state index contributed by atoms with van der Waals surface area (Å²) >= 11 is 11.9. The second-order valence-corrected chi connectivity index (χ2v) is 7.95. The zero-order valence-electron chi connectivity index (χ0n) is 12.0. The van der Waals surface area contributed by atoms with Crippen molar-refractivity contribution in [1.29, 1.82) is 0 Å². The molecule has 0 aromatic heterocycles. The molecule has 124 valence electrons. The lowest BCUT2D eigenvalue weighted by Gasteiger charge is -2.34. The predicted octanol–water partition coefficient (Wildman–Crippen LogP) is 0.935. The van der Waals surface area contributed by atoms with Crippen molar-refractivity contribution in [3.8, 4) is 0 Å². The smallest absolute Gasteiger partial charge is 0.208 e. The fourth-order valence-electron chi connectivity index (χ4n) is 2.29. The van der Waals surface area contributed by atoms with Gasteiger partial charge >= 0.3 is 0 Å². The molecule has 9 heteroatoms. The first-order valence-electron chi connectivity index (χ1n) is 6.65. The maximum absolute atomic E-state index is 11.3. The maximum atomic E-state index is 11.3. The average molecular weight is 369 g/mol. The Balaban J connectivity index is 2.32. The quantitative estimate of drug-likeness (QED) is 0.735. The summed E-state index contributed by atoms with van der Waals surface area (Å²) in [5.41, 5.74) is -0.813. The molecule has 0 unspecified atom stereocenters. The molecule has 1 heterocycles. The van der Waals surface area contributed by atoms with Crippen molar-refractivity contribution in [2.24, 2.45) is 0 Å². The van der Waals surface area contributed by atoms with Gasteiger partial charge in [-0.15, -0.1) is 0 Å². The Bertz CT molecular complexity index is 641. The number of rotatable bonds is 4. The van der Waals surface area contributed by atoms with E-state index in [0.717, 1.165) is 6.26 Å². The van der Waals surface area contributed by atoms with Gasteiger partial charge in [0.1, 0.15) is 11.7 Å². The topological polar surface area (TPSA) is 87.7 Å². The second-order valence-electron chi connectivity index (χ2n) is 5.30. The van der Waals surface area contributed by atoms with Crippen molar-refractivity contribution in [2.75, 3.05) is 32.5 Å². The van der Waals surface area contributed by atoms with E-state index in [1.807, 2.05) is 0 Å². The lowest BCUT2D eigenvalue weighted by atomic mass is 9.91. The number of hydrogen-bond acceptors (Lipinski definition) is 5. The normalized spacial score (nSPS) is 26.6. The maximum Gasteiger partial charge on any atom is 0.208 e. The Morgan fingerprint density at radius 3 is 2.82 bits per heavy atom. The first-order valence-corrected chi connectivity index (χ1v) is 9.30. The molecule has 1 saturated heterocycles. The van der Waals surface area contributed by atoms with Crippen molar-refractivity contribution < 1.29 is 18.3 Å². The molecule has 0 spiro atoms. The third-order valence-corrected chi connectivity index (χ3v) is 4.78. The number of sulfonamides is 1. The number of aliphatic hydroxyl groups is 1. The van der Waals surface area contributed by atoms with Crippen LogP contribution in [0.5, 0.6) is 0 Å². The molecule has 1 aliphatic heterocycles. The van der Waals surface area contributed by atoms with Crippen LogP contribution in [0.25, 0.3) is 0 Å². The highest BCUT2D eigenvalue weighted by Crippen LogP contribution is 2.34. The minimum Gasteiger partial charge on any atom is -0.384 e. The summed E-state index contributed by atoms with van der Waals surface area (Å²) in [7, 11) is -3.43. The van der Waals surface area contributed by atoms with E-state index < -0.39 is 21.7 Å². The monoisotopic (exact) mass is 368 g/mol. The van der Waals surface area contributed by atoms with Crippen LogP contribution in [-0.2, 0) is 14.8 Å². The van der Waals surface area contributed by atoms with E-state index in [-0.39, 0.29) is 13.1 Å². The van der Waals surface area contributed by atoms with Crippen LogP contribution in [0.4, 0.5) is 0 Å². The first kappa shape index (κ1) is 17.9. The van der Waals surface area contributed by atoms with Crippen LogP contribution in [-0.4, -0.2) is 51.6 Å². The number of ether oxygens (including phenoxy) is 1. The predicted molar refractivity (Wildman–Crippen MR) is 85.8 cm³/mol. The van der Waals surface area contributed by atoms with Crippen LogP contribution in [0, 0.1) is 0 Å². The fourth-order valence-corrected chi connectivity index (χ4v) is 3.11. The van der Waals surface area contributed by atoms with Crippen LogP contribution < -0.4 is 10.0 Å². The van der Waals surface area contributed by atoms with E-state index >= 15 is 0 Å². The zero-order chi connectivity index (χ0) is 16.4. The number of benzene rings is 1. The molecule has 2 rings (SSSR count). The van der Waals surface area contributed by atoms with E-state index in [4.69, 9.17) is 27.9 Å². The molecular formula is C13H18Cl2N2O4S. The third-order valence-electron chi connectivity index (χ3n) is 3.37. The molecule has 3 N–H and O–H groups in total. The van der Waals surface area contributed by atoms with Gasteiger partial charge < -0.3 is 15.2 Å². The zero-order valence-corrected chi connectivity index (χ0v) is 14.3. The second kappa shape index (κ2) is 7.00. The van der Waals surface area contributed by atoms with E-state index in [1.165, 1.54) is 0 Å². The van der Waals surface area contributed by atoms with Crippen LogP contribution in [0.1, 0.15) is 11.7 Å². The summed E-state index contributed by atoms with van der Waals surface area (Å²) in [5, 5.41) is 14.7. The lowest BCUT2D eigenvalue weighted by Crippen LogP contribution is -2.52. The van der Waals surface area contributed by atoms with Gasteiger partial charge in [-0.05, 0) is 17.7 Å². The molecule has 1 aromatic carbocycles. The molecule has 1 aliphatic rings. The Labute approximate surface area is 139 Å². The van der Waals surface area contributed by atoms with Crippen molar-refractivity contribution in [3.05, 3.63) is 33.8 Å². The minimum absolute atomic E-state index is 0.177. The summed E-state index contributed by atoms with van der Waals surface area (Å²) < 4.78 is 30.7. The summed E-state index contributed by atoms with van der Waals surface area (Å²) in [5.74, 6) is 0. The summed E-state index contributed by atoms with van der Waals surface area (Å²) in [4.78, 5) is 0. The molecule has 2 atom stereocenters. The SMILES string of the molecule is CS(=O)(=O)NC[C@@]1(O)CNCCO[C@@H]1c1ccc(Cl)c(Cl)c1. The molecule has 0 aliphatic carbocycles. The van der Waals surface area contributed by atoms with Gasteiger partial charge in [-0.1, -0.05) is 29.3 Å². The molecule has 0 saturated carbocycles. The molecular weight excluding hydrogens is 351 g/mol. The van der Waals surface area contributed by atoms with Gasteiger partial charge in [-0.2, -0.15) is 0 Å². The largest absolute Gasteiger partial charge is 0.384 e. The van der Waals surface area contributed by atoms with Crippen molar-refractivity contribution in [1.82, 2.24) is 10.0 Å². The molecule has 0 amide bonds. The Hall–Kier alpha value is -0.410. The first-order chi connectivity index (χ1) is 10.2. The fraction of sp³-hybridized carbons (Fsp3) is 0.538. The molecule has 0 radical (unpaired) electrons. The van der Waals surface area contributed by atoms with Gasteiger partial charge in [0.2, 0.25) is 10.0 Å². The van der Waals surface area contributed by atoms with Crippen molar-refractivity contribution >= 4 is 33.2 Å². The van der Waals surface area contributed by atoms with Gasteiger partial charge in [-0.25, -0.2) is 13.1 Å². The standard InChI is InChI=1S/C13H18Cl2N2O4S/c1-22(19,20)17-8-13(18)7-16-4-5-21-12(13)9-2-3-10(14)11(15)6-9/h2-3,6,12,16-18H,4-5,7-8H2,1H3/t12-,13+/m1/s1. The van der Waals surface area contributed by atoms with Gasteiger partial charge in [0.05, 0.1) is 22.9 Å². The lowest BCUT2D eigenvalue weighted by molar-refractivity contribution is -0.0908. The van der Waals surface area contributed by atoms with Crippen molar-refractivity contribution in [3.63, 3.8) is 0 Å².